The van der Waals surface area contributed by atoms with Crippen LogP contribution in [-0.2, 0) is 0 Å². The number of ether oxygens (including phenoxy) is 2. The average molecular weight is 406 g/mol. The van der Waals surface area contributed by atoms with E-state index < -0.39 is 11.5 Å². The lowest BCUT2D eigenvalue weighted by Gasteiger charge is -2.10. The molecule has 0 aliphatic carbocycles. The molecular formula is C22H19FN4O3. The molecule has 0 aliphatic rings. The predicted octanol–water partition coefficient (Wildman–Crippen LogP) is 4.01. The van der Waals surface area contributed by atoms with E-state index in [9.17, 15) is 9.18 Å². The van der Waals surface area contributed by atoms with E-state index in [0.717, 1.165) is 11.1 Å². The number of hydrogen-bond donors (Lipinski definition) is 1. The van der Waals surface area contributed by atoms with Crippen LogP contribution in [0.15, 0.2) is 53.6 Å². The van der Waals surface area contributed by atoms with Crippen LogP contribution in [-0.4, -0.2) is 33.7 Å². The summed E-state index contributed by atoms with van der Waals surface area (Å²) >= 11 is 0. The largest absolute Gasteiger partial charge is 0.496 e. The standard InChI is InChI=1S/C22H19FN4O3/c1-12(2)5-6-13-7-15-17(9-19(13)30-4)24-11-18-20(15)27(22(28)26-18)21-16(23)8-14(29-3)10-25-21/h5-11H,1H2,2-4H3,(H,26,28)/b6-5+. The molecule has 0 aliphatic heterocycles. The molecule has 152 valence electrons. The number of aromatic nitrogens is 4. The van der Waals surface area contributed by atoms with Gasteiger partial charge in [-0.25, -0.2) is 18.7 Å². The van der Waals surface area contributed by atoms with Gasteiger partial charge in [0, 0.05) is 23.1 Å². The number of nitrogens with one attached hydrogen (secondary N) is 1. The molecule has 4 aromatic rings. The number of allylic oxidation sites excluding steroid dienone is 2. The molecule has 0 spiro atoms. The van der Waals surface area contributed by atoms with E-state index in [0.29, 0.717) is 27.7 Å². The van der Waals surface area contributed by atoms with Crippen LogP contribution in [0.4, 0.5) is 4.39 Å². The quantitative estimate of drug-likeness (QED) is 0.507. The predicted molar refractivity (Wildman–Crippen MR) is 114 cm³/mol. The van der Waals surface area contributed by atoms with Gasteiger partial charge >= 0.3 is 5.69 Å². The van der Waals surface area contributed by atoms with Gasteiger partial charge in [0.15, 0.2) is 11.6 Å². The molecule has 3 aromatic heterocycles. The van der Waals surface area contributed by atoms with Gasteiger partial charge in [-0.05, 0) is 13.0 Å². The molecule has 8 heteroatoms. The van der Waals surface area contributed by atoms with Gasteiger partial charge in [-0.2, -0.15) is 0 Å². The average Bonchev–Trinajstić information content (AvgIpc) is 3.07. The molecule has 1 N–H and O–H groups in total. The molecule has 0 saturated heterocycles. The molecule has 4 rings (SSSR count). The zero-order chi connectivity index (χ0) is 21.4. The topological polar surface area (TPSA) is 82.0 Å². The fourth-order valence-electron chi connectivity index (χ4n) is 3.26. The smallest absolute Gasteiger partial charge is 0.332 e. The van der Waals surface area contributed by atoms with Gasteiger partial charge in [-0.15, -0.1) is 0 Å². The van der Waals surface area contributed by atoms with Crippen molar-refractivity contribution in [2.45, 2.75) is 6.92 Å². The summed E-state index contributed by atoms with van der Waals surface area (Å²) in [7, 11) is 2.99. The molecular weight excluding hydrogens is 387 g/mol. The van der Waals surface area contributed by atoms with Crippen molar-refractivity contribution in [2.24, 2.45) is 0 Å². The van der Waals surface area contributed by atoms with Crippen LogP contribution >= 0.6 is 0 Å². The molecule has 3 heterocycles. The maximum atomic E-state index is 14.7. The highest BCUT2D eigenvalue weighted by Crippen LogP contribution is 2.31. The lowest BCUT2D eigenvalue weighted by molar-refractivity contribution is 0.408. The number of aromatic amines is 1. The monoisotopic (exact) mass is 406 g/mol. The van der Waals surface area contributed by atoms with E-state index in [2.05, 4.69) is 21.5 Å². The van der Waals surface area contributed by atoms with E-state index in [-0.39, 0.29) is 11.6 Å². The van der Waals surface area contributed by atoms with Crippen molar-refractivity contribution in [3.05, 3.63) is 70.7 Å². The first kappa shape index (κ1) is 19.4. The number of nitrogens with zero attached hydrogens (tertiary/aromatic N) is 3. The number of hydrogen-bond acceptors (Lipinski definition) is 5. The van der Waals surface area contributed by atoms with Crippen LogP contribution in [0, 0.1) is 5.82 Å². The Bertz CT molecular complexity index is 1380. The normalized spacial score (nSPS) is 11.5. The van der Waals surface area contributed by atoms with Crippen molar-refractivity contribution in [1.82, 2.24) is 19.5 Å². The molecule has 7 nitrogen and oxygen atoms in total. The van der Waals surface area contributed by atoms with Crippen molar-refractivity contribution >= 4 is 28.0 Å². The third kappa shape index (κ3) is 3.22. The number of imidazole rings is 1. The zero-order valence-corrected chi connectivity index (χ0v) is 16.7. The third-order valence-corrected chi connectivity index (χ3v) is 4.65. The first-order valence-corrected chi connectivity index (χ1v) is 9.08. The van der Waals surface area contributed by atoms with Crippen LogP contribution in [0.25, 0.3) is 33.8 Å². The zero-order valence-electron chi connectivity index (χ0n) is 16.7. The minimum absolute atomic E-state index is 0.130. The van der Waals surface area contributed by atoms with Gasteiger partial charge in [0.2, 0.25) is 0 Å². The second-order valence-corrected chi connectivity index (χ2v) is 6.76. The molecule has 0 fully saturated rings. The Hall–Kier alpha value is -3.94. The Morgan fingerprint density at radius 2 is 2.00 bits per heavy atom. The van der Waals surface area contributed by atoms with Crippen molar-refractivity contribution in [1.29, 1.82) is 0 Å². The van der Waals surface area contributed by atoms with Gasteiger partial charge in [0.25, 0.3) is 0 Å². The summed E-state index contributed by atoms with van der Waals surface area (Å²) in [4.78, 5) is 23.9. The highest BCUT2D eigenvalue weighted by atomic mass is 19.1. The van der Waals surface area contributed by atoms with Crippen LogP contribution in [0.3, 0.4) is 0 Å². The minimum atomic E-state index is -0.682. The maximum Gasteiger partial charge on any atom is 0.332 e. The van der Waals surface area contributed by atoms with Crippen molar-refractivity contribution in [2.75, 3.05) is 14.2 Å². The van der Waals surface area contributed by atoms with E-state index in [1.165, 1.54) is 30.1 Å². The number of halogens is 1. The minimum Gasteiger partial charge on any atom is -0.496 e. The molecule has 1 aromatic carbocycles. The van der Waals surface area contributed by atoms with Crippen molar-refractivity contribution < 1.29 is 13.9 Å². The molecule has 0 unspecified atom stereocenters. The summed E-state index contributed by atoms with van der Waals surface area (Å²) in [5, 5.41) is 0.644. The summed E-state index contributed by atoms with van der Waals surface area (Å²) in [5.41, 5.74) is 2.64. The first-order chi connectivity index (χ1) is 14.4. The van der Waals surface area contributed by atoms with Crippen LogP contribution in [0.5, 0.6) is 11.5 Å². The Balaban J connectivity index is 2.07. The fourth-order valence-corrected chi connectivity index (χ4v) is 3.26. The third-order valence-electron chi connectivity index (χ3n) is 4.65. The number of rotatable bonds is 5. The van der Waals surface area contributed by atoms with Gasteiger partial charge in [0.05, 0.1) is 43.2 Å². The molecule has 30 heavy (non-hydrogen) atoms. The number of methoxy groups -OCH3 is 2. The summed E-state index contributed by atoms with van der Waals surface area (Å²) in [6, 6.07) is 4.79. The Kier molecular flexibility index (Phi) is 4.83. The van der Waals surface area contributed by atoms with Crippen LogP contribution in [0.1, 0.15) is 12.5 Å². The Morgan fingerprint density at radius 3 is 2.67 bits per heavy atom. The van der Waals surface area contributed by atoms with Crippen molar-refractivity contribution in [3.8, 4) is 17.3 Å². The van der Waals surface area contributed by atoms with Crippen molar-refractivity contribution in [3.63, 3.8) is 0 Å². The second kappa shape index (κ2) is 7.47. The van der Waals surface area contributed by atoms with E-state index in [1.54, 1.807) is 13.2 Å². The van der Waals surface area contributed by atoms with Crippen LogP contribution < -0.4 is 15.2 Å². The van der Waals surface area contributed by atoms with E-state index >= 15 is 0 Å². The number of pyridine rings is 2. The van der Waals surface area contributed by atoms with Gasteiger partial charge < -0.3 is 14.5 Å². The Morgan fingerprint density at radius 1 is 1.20 bits per heavy atom. The molecule has 0 bridgehead atoms. The summed E-state index contributed by atoms with van der Waals surface area (Å²) < 4.78 is 26.4. The number of fused-ring (bicyclic) bond motifs is 3. The van der Waals surface area contributed by atoms with E-state index in [1.807, 2.05) is 25.1 Å². The number of benzene rings is 1. The molecule has 0 saturated carbocycles. The summed E-state index contributed by atoms with van der Waals surface area (Å²) in [6.45, 7) is 5.75. The fraction of sp³-hybridized carbons (Fsp3) is 0.136. The first-order valence-electron chi connectivity index (χ1n) is 9.08. The highest BCUT2D eigenvalue weighted by Gasteiger charge is 2.18. The lowest BCUT2D eigenvalue weighted by Crippen LogP contribution is -2.17. The Labute approximate surface area is 171 Å². The lowest BCUT2D eigenvalue weighted by atomic mass is 10.1. The van der Waals surface area contributed by atoms with Gasteiger partial charge in [-0.3, -0.25) is 4.98 Å². The molecule has 0 radical (unpaired) electrons. The summed E-state index contributed by atoms with van der Waals surface area (Å²) in [5.74, 6) is 0.0604. The highest BCUT2D eigenvalue weighted by molar-refractivity contribution is 6.04. The van der Waals surface area contributed by atoms with E-state index in [4.69, 9.17) is 9.47 Å². The summed E-state index contributed by atoms with van der Waals surface area (Å²) in [6.07, 6.45) is 6.60. The van der Waals surface area contributed by atoms with Gasteiger partial charge in [-0.1, -0.05) is 24.3 Å². The molecule has 0 amide bonds. The SMILES string of the molecule is C=C(C)/C=C/c1cc2c(cc1OC)ncc1[nH]c(=O)n(-c3ncc(OC)cc3F)c12. The number of H-pyrrole nitrogens is 1. The van der Waals surface area contributed by atoms with Crippen LogP contribution in [0.2, 0.25) is 0 Å². The van der Waals surface area contributed by atoms with Gasteiger partial charge in [0.1, 0.15) is 11.5 Å². The molecule has 0 atom stereocenters. The maximum absolute atomic E-state index is 14.7. The second-order valence-electron chi connectivity index (χ2n) is 6.76.